The SMILES string of the molecule is O=C(O)[C@H]1CCCN(c2nccc(-c3ccccc3OCc3ccc4c(c3)CCN(C3CCCCC3)C4)n2)C1. The Bertz CT molecular complexity index is 1310. The van der Waals surface area contributed by atoms with Gasteiger partial charge in [0.05, 0.1) is 11.6 Å². The van der Waals surface area contributed by atoms with Gasteiger partial charge in [-0.05, 0) is 67.0 Å². The molecule has 1 aromatic heterocycles. The van der Waals surface area contributed by atoms with Crippen LogP contribution in [0.4, 0.5) is 5.95 Å². The van der Waals surface area contributed by atoms with Crippen molar-refractivity contribution < 1.29 is 14.6 Å². The number of hydrogen-bond donors (Lipinski definition) is 1. The number of rotatable bonds is 7. The molecule has 7 heteroatoms. The molecule has 204 valence electrons. The Hall–Kier alpha value is -3.45. The summed E-state index contributed by atoms with van der Waals surface area (Å²) in [6, 6.07) is 17.5. The summed E-state index contributed by atoms with van der Waals surface area (Å²) in [6.07, 6.45) is 11.3. The first-order valence-corrected chi connectivity index (χ1v) is 14.5. The number of ether oxygens (including phenoxy) is 1. The van der Waals surface area contributed by atoms with E-state index < -0.39 is 5.97 Å². The van der Waals surface area contributed by atoms with Crippen LogP contribution in [0.1, 0.15) is 61.6 Å². The number of carboxylic acids is 1. The molecule has 0 amide bonds. The number of nitrogens with zero attached hydrogens (tertiary/aromatic N) is 4. The van der Waals surface area contributed by atoms with E-state index in [-0.39, 0.29) is 5.92 Å². The summed E-state index contributed by atoms with van der Waals surface area (Å²) in [7, 11) is 0. The minimum Gasteiger partial charge on any atom is -0.488 e. The third kappa shape index (κ3) is 5.93. The Morgan fingerprint density at radius 3 is 2.72 bits per heavy atom. The van der Waals surface area contributed by atoms with Crippen molar-refractivity contribution in [3.05, 3.63) is 71.4 Å². The third-order valence-electron chi connectivity index (χ3n) is 8.66. The Morgan fingerprint density at radius 2 is 1.85 bits per heavy atom. The molecule has 3 aromatic rings. The van der Waals surface area contributed by atoms with Gasteiger partial charge < -0.3 is 14.7 Å². The normalized spacial score (nSPS) is 20.4. The van der Waals surface area contributed by atoms with Crippen molar-refractivity contribution in [2.75, 3.05) is 24.5 Å². The van der Waals surface area contributed by atoms with Crippen molar-refractivity contribution in [3.63, 3.8) is 0 Å². The largest absolute Gasteiger partial charge is 0.488 e. The molecule has 6 rings (SSSR count). The highest BCUT2D eigenvalue weighted by atomic mass is 16.5. The lowest BCUT2D eigenvalue weighted by Crippen LogP contribution is -2.40. The van der Waals surface area contributed by atoms with Gasteiger partial charge in [-0.3, -0.25) is 9.69 Å². The number of benzene rings is 2. The number of fused-ring (bicyclic) bond motifs is 1. The lowest BCUT2D eigenvalue weighted by Gasteiger charge is -2.37. The number of aliphatic carboxylic acids is 1. The summed E-state index contributed by atoms with van der Waals surface area (Å²) in [5.41, 5.74) is 5.80. The fraction of sp³-hybridized carbons (Fsp3) is 0.469. The molecular weight excluding hydrogens is 488 g/mol. The third-order valence-corrected chi connectivity index (χ3v) is 8.66. The molecule has 1 saturated carbocycles. The van der Waals surface area contributed by atoms with Crippen LogP contribution in [-0.2, 0) is 24.4 Å². The zero-order chi connectivity index (χ0) is 26.6. The summed E-state index contributed by atoms with van der Waals surface area (Å²) in [4.78, 5) is 25.5. The van der Waals surface area contributed by atoms with E-state index in [4.69, 9.17) is 9.72 Å². The van der Waals surface area contributed by atoms with Crippen molar-refractivity contribution in [2.24, 2.45) is 5.92 Å². The lowest BCUT2D eigenvalue weighted by molar-refractivity contribution is -0.141. The molecule has 0 radical (unpaired) electrons. The summed E-state index contributed by atoms with van der Waals surface area (Å²) < 4.78 is 6.36. The first-order valence-electron chi connectivity index (χ1n) is 14.5. The van der Waals surface area contributed by atoms with Gasteiger partial charge in [0.2, 0.25) is 5.95 Å². The zero-order valence-corrected chi connectivity index (χ0v) is 22.6. The summed E-state index contributed by atoms with van der Waals surface area (Å²) in [6.45, 7) is 3.94. The topological polar surface area (TPSA) is 78.8 Å². The Kier molecular flexibility index (Phi) is 7.77. The maximum absolute atomic E-state index is 11.5. The fourth-order valence-corrected chi connectivity index (χ4v) is 6.45. The van der Waals surface area contributed by atoms with Crippen molar-refractivity contribution in [2.45, 2.75) is 70.6 Å². The highest BCUT2D eigenvalue weighted by molar-refractivity contribution is 5.71. The maximum atomic E-state index is 11.5. The first kappa shape index (κ1) is 25.8. The fourth-order valence-electron chi connectivity index (χ4n) is 6.45. The van der Waals surface area contributed by atoms with Gasteiger partial charge in [-0.2, -0.15) is 0 Å². The summed E-state index contributed by atoms with van der Waals surface area (Å²) >= 11 is 0. The number of aromatic nitrogens is 2. The minimum atomic E-state index is -0.752. The van der Waals surface area contributed by atoms with Crippen LogP contribution in [0.5, 0.6) is 5.75 Å². The molecule has 2 fully saturated rings. The number of anilines is 1. The van der Waals surface area contributed by atoms with Gasteiger partial charge in [0, 0.05) is 44.0 Å². The molecule has 3 aliphatic rings. The van der Waals surface area contributed by atoms with Crippen LogP contribution in [0, 0.1) is 5.92 Å². The van der Waals surface area contributed by atoms with E-state index in [0.717, 1.165) is 55.5 Å². The Morgan fingerprint density at radius 1 is 0.974 bits per heavy atom. The van der Waals surface area contributed by atoms with Crippen LogP contribution in [0.3, 0.4) is 0 Å². The van der Waals surface area contributed by atoms with Gasteiger partial charge in [-0.25, -0.2) is 9.97 Å². The Labute approximate surface area is 230 Å². The van der Waals surface area contributed by atoms with Gasteiger partial charge in [-0.1, -0.05) is 49.6 Å². The van der Waals surface area contributed by atoms with Crippen LogP contribution < -0.4 is 9.64 Å². The van der Waals surface area contributed by atoms with E-state index in [2.05, 4.69) is 28.1 Å². The summed E-state index contributed by atoms with van der Waals surface area (Å²) in [5, 5.41) is 9.47. The molecule has 1 saturated heterocycles. The van der Waals surface area contributed by atoms with Crippen molar-refractivity contribution >= 4 is 11.9 Å². The highest BCUT2D eigenvalue weighted by Gasteiger charge is 2.27. The molecule has 1 atom stereocenters. The molecule has 0 bridgehead atoms. The quantitative estimate of drug-likeness (QED) is 0.422. The molecule has 0 spiro atoms. The summed E-state index contributed by atoms with van der Waals surface area (Å²) in [5.74, 6) is 0.225. The lowest BCUT2D eigenvalue weighted by atomic mass is 9.90. The minimum absolute atomic E-state index is 0.381. The highest BCUT2D eigenvalue weighted by Crippen LogP contribution is 2.32. The number of carboxylic acid groups (broad SMARTS) is 1. The van der Waals surface area contributed by atoms with Crippen LogP contribution in [0.15, 0.2) is 54.7 Å². The molecule has 7 nitrogen and oxygen atoms in total. The Balaban J connectivity index is 1.14. The van der Waals surface area contributed by atoms with Crippen molar-refractivity contribution in [1.29, 1.82) is 0 Å². The molecule has 2 aromatic carbocycles. The van der Waals surface area contributed by atoms with E-state index in [1.807, 2.05) is 35.2 Å². The number of hydrogen-bond acceptors (Lipinski definition) is 6. The van der Waals surface area contributed by atoms with Crippen LogP contribution >= 0.6 is 0 Å². The predicted octanol–water partition coefficient (Wildman–Crippen LogP) is 5.71. The van der Waals surface area contributed by atoms with E-state index >= 15 is 0 Å². The van der Waals surface area contributed by atoms with Crippen molar-refractivity contribution in [1.82, 2.24) is 14.9 Å². The van der Waals surface area contributed by atoms with Gasteiger partial charge in [0.15, 0.2) is 0 Å². The van der Waals surface area contributed by atoms with E-state index in [1.165, 1.54) is 48.8 Å². The van der Waals surface area contributed by atoms with Gasteiger partial charge in [0.1, 0.15) is 12.4 Å². The van der Waals surface area contributed by atoms with Gasteiger partial charge in [0.25, 0.3) is 0 Å². The zero-order valence-electron chi connectivity index (χ0n) is 22.6. The van der Waals surface area contributed by atoms with Gasteiger partial charge in [-0.15, -0.1) is 0 Å². The van der Waals surface area contributed by atoms with E-state index in [1.54, 1.807) is 6.20 Å². The second-order valence-electron chi connectivity index (χ2n) is 11.3. The molecule has 3 heterocycles. The predicted molar refractivity (Wildman–Crippen MR) is 152 cm³/mol. The monoisotopic (exact) mass is 526 g/mol. The molecule has 1 aliphatic carbocycles. The maximum Gasteiger partial charge on any atom is 0.308 e. The molecule has 0 unspecified atom stereocenters. The van der Waals surface area contributed by atoms with Gasteiger partial charge >= 0.3 is 5.97 Å². The number of piperidine rings is 1. The van der Waals surface area contributed by atoms with E-state index in [0.29, 0.717) is 25.5 Å². The molecule has 1 N–H and O–H groups in total. The number of carbonyl (C=O) groups is 1. The van der Waals surface area contributed by atoms with Crippen molar-refractivity contribution in [3.8, 4) is 17.0 Å². The van der Waals surface area contributed by atoms with E-state index in [9.17, 15) is 9.90 Å². The van der Waals surface area contributed by atoms with Crippen LogP contribution in [-0.4, -0.2) is 51.6 Å². The van der Waals surface area contributed by atoms with Crippen LogP contribution in [0.25, 0.3) is 11.3 Å². The second-order valence-corrected chi connectivity index (χ2v) is 11.3. The average molecular weight is 527 g/mol. The standard InChI is InChI=1S/C32H38N4O3/c37-31(38)26-7-6-17-36(21-26)32-33-16-14-29(34-32)28-10-4-5-11-30(28)39-22-23-12-13-25-20-35(18-15-24(25)19-23)27-8-2-1-3-9-27/h4-5,10-14,16,19,26-27H,1-3,6-9,15,17-18,20-22H2,(H,37,38)/t26-/m0/s1. The number of para-hydroxylation sites is 1. The molecule has 2 aliphatic heterocycles. The molecule has 39 heavy (non-hydrogen) atoms. The average Bonchev–Trinajstić information content (AvgIpc) is 3.00. The first-order chi connectivity index (χ1) is 19.1. The van der Waals surface area contributed by atoms with Crippen LogP contribution in [0.2, 0.25) is 0 Å². The smallest absolute Gasteiger partial charge is 0.308 e. The second kappa shape index (κ2) is 11.7. The molecular formula is C32H38N4O3.